The van der Waals surface area contributed by atoms with Gasteiger partial charge in [-0.15, -0.1) is 11.3 Å². The number of nitrogens with one attached hydrogen (secondary N) is 1. The van der Waals surface area contributed by atoms with E-state index in [-0.39, 0.29) is 6.04 Å². The third kappa shape index (κ3) is 3.81. The molecular weight excluding hydrogens is 336 g/mol. The lowest BCUT2D eigenvalue weighted by Gasteiger charge is -2.17. The van der Waals surface area contributed by atoms with Crippen molar-refractivity contribution in [1.82, 2.24) is 10.3 Å². The van der Waals surface area contributed by atoms with E-state index in [9.17, 15) is 0 Å². The fourth-order valence-electron chi connectivity index (χ4n) is 1.96. The minimum absolute atomic E-state index is 0.257. The number of ether oxygens (including phenoxy) is 1. The predicted molar refractivity (Wildman–Crippen MR) is 87.7 cm³/mol. The number of aryl methyl sites for hydroxylation is 1. The minimum atomic E-state index is 0.257. The minimum Gasteiger partial charge on any atom is -0.493 e. The van der Waals surface area contributed by atoms with Crippen LogP contribution in [0.5, 0.6) is 5.75 Å². The molecule has 2 aromatic rings. The molecule has 1 atom stereocenters. The summed E-state index contributed by atoms with van der Waals surface area (Å²) in [6, 6.07) is 6.40. The molecule has 3 nitrogen and oxygen atoms in total. The summed E-state index contributed by atoms with van der Waals surface area (Å²) in [4.78, 5) is 5.56. The Labute approximate surface area is 132 Å². The van der Waals surface area contributed by atoms with Crippen LogP contribution in [0.1, 0.15) is 29.1 Å². The van der Waals surface area contributed by atoms with Gasteiger partial charge in [0.25, 0.3) is 0 Å². The molecular formula is C15H19BrN2OS. The Kier molecular flexibility index (Phi) is 5.57. The molecule has 1 N–H and O–H groups in total. The molecule has 2 rings (SSSR count). The Morgan fingerprint density at radius 1 is 1.45 bits per heavy atom. The van der Waals surface area contributed by atoms with Gasteiger partial charge >= 0.3 is 0 Å². The molecule has 0 aliphatic heterocycles. The van der Waals surface area contributed by atoms with Crippen LogP contribution in [0, 0.1) is 6.92 Å². The van der Waals surface area contributed by atoms with Gasteiger partial charge in [0.05, 0.1) is 17.8 Å². The quantitative estimate of drug-likeness (QED) is 0.847. The van der Waals surface area contributed by atoms with Crippen molar-refractivity contribution in [2.24, 2.45) is 0 Å². The number of thiazole rings is 1. The van der Waals surface area contributed by atoms with E-state index in [2.05, 4.69) is 39.2 Å². The molecule has 20 heavy (non-hydrogen) atoms. The van der Waals surface area contributed by atoms with Gasteiger partial charge < -0.3 is 10.1 Å². The third-order valence-electron chi connectivity index (χ3n) is 3.30. The summed E-state index contributed by atoms with van der Waals surface area (Å²) in [5.41, 5.74) is 4.17. The van der Waals surface area contributed by atoms with Crippen LogP contribution in [0.25, 0.3) is 0 Å². The SMILES string of the molecule is CNC(C)c1cc(Br)ccc1OCCc1scnc1C. The van der Waals surface area contributed by atoms with Crippen LogP contribution in [0.2, 0.25) is 0 Å². The zero-order valence-corrected chi connectivity index (χ0v) is 14.3. The average molecular weight is 355 g/mol. The number of rotatable bonds is 6. The van der Waals surface area contributed by atoms with Crippen molar-refractivity contribution in [1.29, 1.82) is 0 Å². The van der Waals surface area contributed by atoms with Crippen LogP contribution in [-0.4, -0.2) is 18.6 Å². The van der Waals surface area contributed by atoms with Gasteiger partial charge in [-0.25, -0.2) is 4.98 Å². The summed E-state index contributed by atoms with van der Waals surface area (Å²) in [5.74, 6) is 0.942. The Morgan fingerprint density at radius 2 is 2.25 bits per heavy atom. The molecule has 0 radical (unpaired) electrons. The molecule has 0 aliphatic carbocycles. The molecule has 1 unspecified atom stereocenters. The lowest BCUT2D eigenvalue weighted by atomic mass is 10.1. The molecule has 0 fully saturated rings. The van der Waals surface area contributed by atoms with E-state index in [1.54, 1.807) is 11.3 Å². The highest BCUT2D eigenvalue weighted by Gasteiger charge is 2.11. The number of benzene rings is 1. The number of hydrogen-bond donors (Lipinski definition) is 1. The zero-order chi connectivity index (χ0) is 14.5. The molecule has 5 heteroatoms. The molecule has 0 bridgehead atoms. The fourth-order valence-corrected chi connectivity index (χ4v) is 3.11. The van der Waals surface area contributed by atoms with Crippen molar-refractivity contribution in [3.8, 4) is 5.75 Å². The van der Waals surface area contributed by atoms with Gasteiger partial charge in [0.2, 0.25) is 0 Å². The Hall–Kier alpha value is -0.910. The topological polar surface area (TPSA) is 34.1 Å². The van der Waals surface area contributed by atoms with Crippen LogP contribution < -0.4 is 10.1 Å². The van der Waals surface area contributed by atoms with Crippen LogP contribution in [0.4, 0.5) is 0 Å². The lowest BCUT2D eigenvalue weighted by molar-refractivity contribution is 0.316. The Balaban J connectivity index is 2.04. The predicted octanol–water partition coefficient (Wildman–Crippen LogP) is 4.12. The largest absolute Gasteiger partial charge is 0.493 e. The number of nitrogens with zero attached hydrogens (tertiary/aromatic N) is 1. The lowest BCUT2D eigenvalue weighted by Crippen LogP contribution is -2.14. The van der Waals surface area contributed by atoms with E-state index in [0.717, 1.165) is 22.3 Å². The summed E-state index contributed by atoms with van der Waals surface area (Å²) in [6.45, 7) is 4.84. The Bertz CT molecular complexity index is 571. The van der Waals surface area contributed by atoms with Gasteiger partial charge in [-0.05, 0) is 39.1 Å². The molecule has 0 saturated carbocycles. The standard InChI is InChI=1S/C15H19BrN2OS/c1-10(17-3)13-8-12(16)4-5-14(13)19-7-6-15-11(2)18-9-20-15/h4-5,8-10,17H,6-7H2,1-3H3. The highest BCUT2D eigenvalue weighted by Crippen LogP contribution is 2.28. The van der Waals surface area contributed by atoms with E-state index in [1.165, 1.54) is 10.4 Å². The second-order valence-electron chi connectivity index (χ2n) is 4.65. The summed E-state index contributed by atoms with van der Waals surface area (Å²) < 4.78 is 7.03. The number of halogens is 1. The van der Waals surface area contributed by atoms with E-state index in [1.807, 2.05) is 31.6 Å². The highest BCUT2D eigenvalue weighted by molar-refractivity contribution is 9.10. The third-order valence-corrected chi connectivity index (χ3v) is 4.79. The van der Waals surface area contributed by atoms with Gasteiger partial charge in [0.15, 0.2) is 0 Å². The van der Waals surface area contributed by atoms with Gasteiger partial charge in [-0.1, -0.05) is 15.9 Å². The fraction of sp³-hybridized carbons (Fsp3) is 0.400. The first-order valence-electron chi connectivity index (χ1n) is 6.60. The first kappa shape index (κ1) is 15.5. The van der Waals surface area contributed by atoms with Crippen LogP contribution in [0.3, 0.4) is 0 Å². The maximum absolute atomic E-state index is 5.96. The molecule has 1 heterocycles. The van der Waals surface area contributed by atoms with Crippen molar-refractivity contribution in [2.45, 2.75) is 26.3 Å². The summed E-state index contributed by atoms with van der Waals surface area (Å²) in [5, 5.41) is 3.25. The van der Waals surface area contributed by atoms with Crippen LogP contribution in [0.15, 0.2) is 28.2 Å². The van der Waals surface area contributed by atoms with Gasteiger partial charge in [-0.3, -0.25) is 0 Å². The van der Waals surface area contributed by atoms with Crippen molar-refractivity contribution in [3.05, 3.63) is 44.3 Å². The summed E-state index contributed by atoms with van der Waals surface area (Å²) in [7, 11) is 1.95. The van der Waals surface area contributed by atoms with E-state index >= 15 is 0 Å². The number of aromatic nitrogens is 1. The van der Waals surface area contributed by atoms with E-state index in [4.69, 9.17) is 4.74 Å². The summed E-state index contributed by atoms with van der Waals surface area (Å²) >= 11 is 5.20. The summed E-state index contributed by atoms with van der Waals surface area (Å²) in [6.07, 6.45) is 0.903. The van der Waals surface area contributed by atoms with E-state index < -0.39 is 0 Å². The highest BCUT2D eigenvalue weighted by atomic mass is 79.9. The van der Waals surface area contributed by atoms with E-state index in [0.29, 0.717) is 6.61 Å². The van der Waals surface area contributed by atoms with Crippen LogP contribution in [-0.2, 0) is 6.42 Å². The van der Waals surface area contributed by atoms with Gasteiger partial charge in [0.1, 0.15) is 5.75 Å². The van der Waals surface area contributed by atoms with Crippen molar-refractivity contribution >= 4 is 27.3 Å². The second-order valence-corrected chi connectivity index (χ2v) is 6.51. The van der Waals surface area contributed by atoms with Crippen LogP contribution >= 0.6 is 27.3 Å². The number of hydrogen-bond acceptors (Lipinski definition) is 4. The smallest absolute Gasteiger partial charge is 0.124 e. The average Bonchev–Trinajstić information content (AvgIpc) is 2.85. The molecule has 1 aromatic heterocycles. The van der Waals surface area contributed by atoms with Gasteiger partial charge in [-0.2, -0.15) is 0 Å². The molecule has 0 aliphatic rings. The van der Waals surface area contributed by atoms with Gasteiger partial charge in [0, 0.05) is 27.4 Å². The molecule has 108 valence electrons. The normalized spacial score (nSPS) is 12.4. The Morgan fingerprint density at radius 3 is 2.90 bits per heavy atom. The first-order valence-corrected chi connectivity index (χ1v) is 8.27. The molecule has 0 amide bonds. The van der Waals surface area contributed by atoms with Crippen molar-refractivity contribution < 1.29 is 4.74 Å². The molecule has 1 aromatic carbocycles. The van der Waals surface area contributed by atoms with Crippen molar-refractivity contribution in [2.75, 3.05) is 13.7 Å². The monoisotopic (exact) mass is 354 g/mol. The second kappa shape index (κ2) is 7.20. The maximum Gasteiger partial charge on any atom is 0.124 e. The zero-order valence-electron chi connectivity index (χ0n) is 11.9. The maximum atomic E-state index is 5.96. The molecule has 0 saturated heterocycles. The molecule has 0 spiro atoms. The first-order chi connectivity index (χ1) is 9.61. The van der Waals surface area contributed by atoms with Crippen molar-refractivity contribution in [3.63, 3.8) is 0 Å².